The van der Waals surface area contributed by atoms with Crippen LogP contribution in [0.1, 0.15) is 39.4 Å². The van der Waals surface area contributed by atoms with Gasteiger partial charge >= 0.3 is 11.9 Å². The zero-order chi connectivity index (χ0) is 27.7. The summed E-state index contributed by atoms with van der Waals surface area (Å²) in [7, 11) is 4.50. The van der Waals surface area contributed by atoms with Crippen LogP contribution in [-0.4, -0.2) is 50.8 Å². The summed E-state index contributed by atoms with van der Waals surface area (Å²) in [5.74, 6) is -0.399. The predicted octanol–water partition coefficient (Wildman–Crippen LogP) is 4.23. The number of ether oxygens (including phenoxy) is 6. The van der Waals surface area contributed by atoms with Crippen LogP contribution in [0.15, 0.2) is 54.3 Å². The number of esters is 1. The Hall–Kier alpha value is -4.99. The highest BCUT2D eigenvalue weighted by atomic mass is 16.5. The molecule has 3 aromatic rings. The van der Waals surface area contributed by atoms with Gasteiger partial charge < -0.3 is 33.5 Å². The van der Waals surface area contributed by atoms with Gasteiger partial charge in [0.05, 0.1) is 33.3 Å². The SMILES string of the molecule is COc1cc(OC)c(OC)cc1C=C1Oc2c(ccc3c2C(c2ccccc2OCC(=O)O)CC(=O)O3)C1=O. The Morgan fingerprint density at radius 3 is 2.38 bits per heavy atom. The lowest BCUT2D eigenvalue weighted by molar-refractivity contribution is -0.139. The van der Waals surface area contributed by atoms with Crippen molar-refractivity contribution in [1.82, 2.24) is 0 Å². The molecule has 3 aromatic carbocycles. The molecule has 0 bridgehead atoms. The van der Waals surface area contributed by atoms with E-state index in [0.29, 0.717) is 45.3 Å². The first-order valence-corrected chi connectivity index (χ1v) is 11.9. The van der Waals surface area contributed by atoms with E-state index in [0.717, 1.165) is 0 Å². The normalized spacial score (nSPS) is 16.6. The number of rotatable bonds is 8. The Kier molecular flexibility index (Phi) is 6.84. The Morgan fingerprint density at radius 1 is 0.949 bits per heavy atom. The number of allylic oxidation sites excluding steroid dienone is 1. The van der Waals surface area contributed by atoms with E-state index in [-0.39, 0.29) is 29.5 Å². The van der Waals surface area contributed by atoms with E-state index >= 15 is 0 Å². The van der Waals surface area contributed by atoms with Gasteiger partial charge in [0, 0.05) is 28.7 Å². The number of hydrogen-bond acceptors (Lipinski definition) is 9. The Labute approximate surface area is 223 Å². The minimum absolute atomic E-state index is 0.0370. The van der Waals surface area contributed by atoms with Crippen LogP contribution >= 0.6 is 0 Å². The summed E-state index contributed by atoms with van der Waals surface area (Å²) < 4.78 is 33.3. The molecule has 2 aliphatic heterocycles. The van der Waals surface area contributed by atoms with Crippen LogP contribution in [0.4, 0.5) is 0 Å². The molecule has 0 amide bonds. The van der Waals surface area contributed by atoms with Crippen molar-refractivity contribution in [3.63, 3.8) is 0 Å². The predicted molar refractivity (Wildman–Crippen MR) is 137 cm³/mol. The van der Waals surface area contributed by atoms with Crippen LogP contribution in [0.2, 0.25) is 0 Å². The second-order valence-electron chi connectivity index (χ2n) is 8.69. The summed E-state index contributed by atoms with van der Waals surface area (Å²) in [6.07, 6.45) is 1.49. The lowest BCUT2D eigenvalue weighted by Crippen LogP contribution is -2.22. The maximum atomic E-state index is 13.4. The number of carboxylic acid groups (broad SMARTS) is 1. The summed E-state index contributed by atoms with van der Waals surface area (Å²) in [4.78, 5) is 37.1. The number of ketones is 1. The van der Waals surface area contributed by atoms with Crippen molar-refractivity contribution in [3.05, 3.63) is 76.5 Å². The number of carbonyl (C=O) groups is 3. The van der Waals surface area contributed by atoms with Crippen molar-refractivity contribution in [1.29, 1.82) is 0 Å². The van der Waals surface area contributed by atoms with Gasteiger partial charge in [-0.2, -0.15) is 0 Å². The molecule has 1 unspecified atom stereocenters. The summed E-state index contributed by atoms with van der Waals surface area (Å²) in [6.45, 7) is -0.553. The van der Waals surface area contributed by atoms with E-state index in [1.165, 1.54) is 21.3 Å². The van der Waals surface area contributed by atoms with Gasteiger partial charge in [-0.05, 0) is 30.3 Å². The van der Waals surface area contributed by atoms with Crippen molar-refractivity contribution in [2.45, 2.75) is 12.3 Å². The Morgan fingerprint density at radius 2 is 1.67 bits per heavy atom. The number of benzene rings is 3. The summed E-state index contributed by atoms with van der Waals surface area (Å²) in [5.41, 5.74) is 1.89. The molecular weight excluding hydrogens is 508 g/mol. The molecule has 2 aliphatic rings. The largest absolute Gasteiger partial charge is 0.496 e. The lowest BCUT2D eigenvalue weighted by Gasteiger charge is -2.27. The van der Waals surface area contributed by atoms with Gasteiger partial charge in [-0.3, -0.25) is 9.59 Å². The molecule has 1 N–H and O–H groups in total. The van der Waals surface area contributed by atoms with Crippen LogP contribution in [0.25, 0.3) is 6.08 Å². The van der Waals surface area contributed by atoms with Crippen LogP contribution in [0, 0.1) is 0 Å². The van der Waals surface area contributed by atoms with Crippen molar-refractivity contribution >= 4 is 23.8 Å². The van der Waals surface area contributed by atoms with Crippen LogP contribution in [-0.2, 0) is 9.59 Å². The third-order valence-corrected chi connectivity index (χ3v) is 6.45. The third-order valence-electron chi connectivity index (χ3n) is 6.45. The molecule has 5 rings (SSSR count). The third kappa shape index (κ3) is 4.72. The van der Waals surface area contributed by atoms with Crippen molar-refractivity contribution in [2.24, 2.45) is 0 Å². The molecule has 0 saturated heterocycles. The molecule has 1 atom stereocenters. The van der Waals surface area contributed by atoms with E-state index in [1.807, 2.05) is 0 Å². The summed E-state index contributed by atoms with van der Waals surface area (Å²) in [6, 6.07) is 13.2. The highest BCUT2D eigenvalue weighted by Gasteiger charge is 2.39. The monoisotopic (exact) mass is 532 g/mol. The first-order chi connectivity index (χ1) is 18.8. The summed E-state index contributed by atoms with van der Waals surface area (Å²) in [5, 5.41) is 9.10. The number of carboxylic acids is 1. The van der Waals surface area contributed by atoms with E-state index in [4.69, 9.17) is 33.5 Å². The standard InChI is InChI=1S/C29H24O10/c1-34-21-13-23(36-3)22(35-2)10-15(21)11-24-28(33)17-8-9-20-27(29(17)39-24)18(12-26(32)38-20)16-6-4-5-7-19(16)37-14-25(30)31/h4-11,13,18H,12,14H2,1-3H3,(H,30,31). The first kappa shape index (κ1) is 25.7. The highest BCUT2D eigenvalue weighted by Crippen LogP contribution is 2.50. The maximum absolute atomic E-state index is 13.4. The van der Waals surface area contributed by atoms with Crippen molar-refractivity contribution < 1.29 is 47.9 Å². The number of methoxy groups -OCH3 is 3. The van der Waals surface area contributed by atoms with Gasteiger partial charge in [-0.1, -0.05) is 18.2 Å². The molecule has 10 heteroatoms. The van der Waals surface area contributed by atoms with Gasteiger partial charge in [0.2, 0.25) is 5.78 Å². The average molecular weight is 533 g/mol. The van der Waals surface area contributed by atoms with E-state index in [2.05, 4.69) is 0 Å². The van der Waals surface area contributed by atoms with Gasteiger partial charge in [0.15, 0.2) is 23.9 Å². The Bertz CT molecular complexity index is 1520. The van der Waals surface area contributed by atoms with Gasteiger partial charge in [0.1, 0.15) is 23.0 Å². The topological polar surface area (TPSA) is 127 Å². The van der Waals surface area contributed by atoms with E-state index in [9.17, 15) is 14.4 Å². The fraction of sp³-hybridized carbons (Fsp3) is 0.207. The molecule has 0 fully saturated rings. The fourth-order valence-corrected chi connectivity index (χ4v) is 4.72. The molecule has 2 heterocycles. The average Bonchev–Trinajstić information content (AvgIpc) is 3.25. The van der Waals surface area contributed by atoms with Crippen molar-refractivity contribution in [2.75, 3.05) is 27.9 Å². The molecule has 200 valence electrons. The molecule has 0 aliphatic carbocycles. The van der Waals surface area contributed by atoms with Crippen molar-refractivity contribution in [3.8, 4) is 34.5 Å². The quantitative estimate of drug-likeness (QED) is 0.256. The number of carbonyl (C=O) groups excluding carboxylic acids is 2. The smallest absolute Gasteiger partial charge is 0.341 e. The molecule has 39 heavy (non-hydrogen) atoms. The molecule has 0 radical (unpaired) electrons. The first-order valence-electron chi connectivity index (χ1n) is 11.9. The fourth-order valence-electron chi connectivity index (χ4n) is 4.72. The maximum Gasteiger partial charge on any atom is 0.341 e. The minimum Gasteiger partial charge on any atom is -0.496 e. The van der Waals surface area contributed by atoms with Gasteiger partial charge in [0.25, 0.3) is 0 Å². The highest BCUT2D eigenvalue weighted by molar-refractivity contribution is 6.15. The number of hydrogen-bond donors (Lipinski definition) is 1. The number of Topliss-reactive ketones (excluding diaryl/α,β-unsaturated/α-hetero) is 1. The van der Waals surface area contributed by atoms with Crippen LogP contribution in [0.5, 0.6) is 34.5 Å². The molecule has 0 aromatic heterocycles. The number of aliphatic carboxylic acids is 1. The Balaban J connectivity index is 1.60. The lowest BCUT2D eigenvalue weighted by atomic mass is 9.84. The van der Waals surface area contributed by atoms with Crippen LogP contribution in [0.3, 0.4) is 0 Å². The minimum atomic E-state index is -1.14. The van der Waals surface area contributed by atoms with Gasteiger partial charge in [-0.15, -0.1) is 0 Å². The van der Waals surface area contributed by atoms with Gasteiger partial charge in [-0.25, -0.2) is 4.79 Å². The zero-order valence-electron chi connectivity index (χ0n) is 21.3. The molecule has 0 saturated carbocycles. The van der Waals surface area contributed by atoms with E-state index in [1.54, 1.807) is 54.6 Å². The second kappa shape index (κ2) is 10.4. The number of fused-ring (bicyclic) bond motifs is 3. The molecular formula is C29H24O10. The van der Waals surface area contributed by atoms with E-state index < -0.39 is 24.5 Å². The number of para-hydroxylation sites is 1. The summed E-state index contributed by atoms with van der Waals surface area (Å²) >= 11 is 0. The molecule has 0 spiro atoms. The molecule has 10 nitrogen and oxygen atoms in total. The van der Waals surface area contributed by atoms with Crippen LogP contribution < -0.4 is 28.4 Å². The zero-order valence-corrected chi connectivity index (χ0v) is 21.3. The second-order valence-corrected chi connectivity index (χ2v) is 8.69.